The summed E-state index contributed by atoms with van der Waals surface area (Å²) in [7, 11) is 0. The third-order valence-electron chi connectivity index (χ3n) is 4.76. The van der Waals surface area contributed by atoms with Crippen molar-refractivity contribution >= 4 is 17.5 Å². The largest absolute Gasteiger partial charge is 0.381 e. The molecule has 2 aromatic rings. The Labute approximate surface area is 153 Å². The van der Waals surface area contributed by atoms with Gasteiger partial charge in [0.1, 0.15) is 10.8 Å². The van der Waals surface area contributed by atoms with E-state index < -0.39 is 5.60 Å². The molecule has 4 nitrogen and oxygen atoms in total. The first-order valence-corrected chi connectivity index (χ1v) is 8.97. The van der Waals surface area contributed by atoms with Crippen LogP contribution in [-0.2, 0) is 4.79 Å². The zero-order valence-corrected chi connectivity index (χ0v) is 15.3. The summed E-state index contributed by atoms with van der Waals surface area (Å²) in [6, 6.07) is 12.1. The molecule has 0 bridgehead atoms. The Balaban J connectivity index is 1.81. The number of amides is 1. The van der Waals surface area contributed by atoms with Crippen molar-refractivity contribution in [1.82, 2.24) is 9.88 Å². The van der Waals surface area contributed by atoms with Crippen molar-refractivity contribution in [2.45, 2.75) is 38.2 Å². The molecule has 1 aromatic heterocycles. The highest BCUT2D eigenvalue weighted by molar-refractivity contribution is 6.32. The van der Waals surface area contributed by atoms with Crippen LogP contribution >= 0.6 is 11.6 Å². The Kier molecular flexibility index (Phi) is 5.11. The minimum atomic E-state index is -1.31. The summed E-state index contributed by atoms with van der Waals surface area (Å²) < 4.78 is 0. The quantitative estimate of drug-likeness (QED) is 0.847. The van der Waals surface area contributed by atoms with Crippen molar-refractivity contribution in [1.29, 1.82) is 0 Å². The zero-order valence-electron chi connectivity index (χ0n) is 14.6. The first-order chi connectivity index (χ1) is 11.9. The number of hydrogen-bond donors (Lipinski definition) is 1. The maximum absolute atomic E-state index is 12.2. The summed E-state index contributed by atoms with van der Waals surface area (Å²) in [4.78, 5) is 18.2. The normalized spacial score (nSPS) is 16.1. The number of carbonyl (C=O) groups is 1. The average Bonchev–Trinajstić information content (AvgIpc) is 2.61. The van der Waals surface area contributed by atoms with Crippen LogP contribution in [0.3, 0.4) is 0 Å². The molecule has 1 saturated heterocycles. The molecule has 0 aliphatic carbocycles. The van der Waals surface area contributed by atoms with Crippen molar-refractivity contribution in [2.75, 3.05) is 13.1 Å². The van der Waals surface area contributed by atoms with E-state index in [4.69, 9.17) is 11.6 Å². The van der Waals surface area contributed by atoms with Crippen molar-refractivity contribution in [2.24, 2.45) is 0 Å². The average molecular weight is 359 g/mol. The lowest BCUT2D eigenvalue weighted by Gasteiger charge is -2.35. The molecule has 5 heteroatoms. The Hall–Kier alpha value is -1.91. The number of aliphatic hydroxyl groups is 1. The molecule has 2 heterocycles. The predicted octanol–water partition coefficient (Wildman–Crippen LogP) is 3.88. The van der Waals surface area contributed by atoms with E-state index in [1.165, 1.54) is 5.56 Å². The number of piperidine rings is 1. The van der Waals surface area contributed by atoms with E-state index in [1.54, 1.807) is 24.9 Å². The van der Waals surface area contributed by atoms with Gasteiger partial charge in [0.05, 0.1) is 0 Å². The third-order valence-corrected chi connectivity index (χ3v) is 5.06. The Morgan fingerprint density at radius 2 is 1.80 bits per heavy atom. The Morgan fingerprint density at radius 1 is 1.16 bits per heavy atom. The van der Waals surface area contributed by atoms with Crippen LogP contribution in [0.15, 0.2) is 42.6 Å². The fourth-order valence-corrected chi connectivity index (χ4v) is 3.69. The fourth-order valence-electron chi connectivity index (χ4n) is 3.47. The minimum absolute atomic E-state index is 0.200. The van der Waals surface area contributed by atoms with Gasteiger partial charge in [0, 0.05) is 24.8 Å². The summed E-state index contributed by atoms with van der Waals surface area (Å²) >= 11 is 6.29. The molecule has 0 unspecified atom stereocenters. The van der Waals surface area contributed by atoms with Gasteiger partial charge in [-0.05, 0) is 55.9 Å². The lowest BCUT2D eigenvalue weighted by molar-refractivity contribution is -0.148. The Morgan fingerprint density at radius 3 is 2.44 bits per heavy atom. The lowest BCUT2D eigenvalue weighted by atomic mass is 9.84. The summed E-state index contributed by atoms with van der Waals surface area (Å²) in [5.41, 5.74) is 1.98. The number of halogens is 1. The third kappa shape index (κ3) is 3.86. The van der Waals surface area contributed by atoms with Gasteiger partial charge in [-0.2, -0.15) is 0 Å². The number of hydrogen-bond acceptors (Lipinski definition) is 3. The van der Waals surface area contributed by atoms with Gasteiger partial charge in [-0.15, -0.1) is 0 Å². The number of pyridine rings is 1. The minimum Gasteiger partial charge on any atom is -0.381 e. The summed E-state index contributed by atoms with van der Waals surface area (Å²) in [5, 5.41) is 10.4. The molecule has 1 fully saturated rings. The molecular formula is C20H23ClN2O2. The molecular weight excluding hydrogens is 336 g/mol. The van der Waals surface area contributed by atoms with E-state index in [9.17, 15) is 9.90 Å². The molecule has 0 saturated carbocycles. The molecule has 3 rings (SSSR count). The van der Waals surface area contributed by atoms with Crippen LogP contribution in [0.1, 0.15) is 38.2 Å². The van der Waals surface area contributed by atoms with E-state index in [0.717, 1.165) is 24.0 Å². The smallest absolute Gasteiger partial charge is 0.253 e. The van der Waals surface area contributed by atoms with Crippen LogP contribution in [0.4, 0.5) is 0 Å². The highest BCUT2D eigenvalue weighted by atomic mass is 35.5. The van der Waals surface area contributed by atoms with Crippen molar-refractivity contribution < 1.29 is 9.90 Å². The maximum Gasteiger partial charge on any atom is 0.253 e. The van der Waals surface area contributed by atoms with Crippen molar-refractivity contribution in [3.05, 3.63) is 53.3 Å². The van der Waals surface area contributed by atoms with Gasteiger partial charge in [-0.1, -0.05) is 35.9 Å². The number of rotatable bonds is 3. The SMILES string of the molecule is CC(C)(O)C(=O)N1CCC(c2ccccc2-c2cccnc2Cl)CC1. The van der Waals surface area contributed by atoms with E-state index in [0.29, 0.717) is 24.2 Å². The van der Waals surface area contributed by atoms with Crippen molar-refractivity contribution in [3.63, 3.8) is 0 Å². The molecule has 1 aromatic carbocycles. The Bertz CT molecular complexity index is 762. The van der Waals surface area contributed by atoms with E-state index in [1.807, 2.05) is 24.3 Å². The second kappa shape index (κ2) is 7.14. The molecule has 1 aliphatic heterocycles. The van der Waals surface area contributed by atoms with Crippen molar-refractivity contribution in [3.8, 4) is 11.1 Å². The zero-order chi connectivity index (χ0) is 18.0. The monoisotopic (exact) mass is 358 g/mol. The van der Waals surface area contributed by atoms with Crippen LogP contribution in [0.5, 0.6) is 0 Å². The molecule has 0 spiro atoms. The number of likely N-dealkylation sites (tertiary alicyclic amines) is 1. The molecule has 1 amide bonds. The van der Waals surface area contributed by atoms with Gasteiger partial charge in [-0.3, -0.25) is 4.79 Å². The van der Waals surface area contributed by atoms with Gasteiger partial charge in [0.15, 0.2) is 0 Å². The number of aromatic nitrogens is 1. The van der Waals surface area contributed by atoms with Crippen LogP contribution in [-0.4, -0.2) is 39.6 Å². The number of nitrogens with zero attached hydrogens (tertiary/aromatic N) is 2. The van der Waals surface area contributed by atoms with Gasteiger partial charge in [0.25, 0.3) is 5.91 Å². The second-order valence-electron chi connectivity index (χ2n) is 7.05. The first kappa shape index (κ1) is 17.9. The molecule has 0 radical (unpaired) electrons. The standard InChI is InChI=1S/C20H23ClN2O2/c1-20(2,25)19(24)23-12-9-14(10-13-23)15-6-3-4-7-16(15)17-8-5-11-22-18(17)21/h3-8,11,14,25H,9-10,12-13H2,1-2H3. The molecule has 0 atom stereocenters. The van der Waals surface area contributed by atoms with Crippen LogP contribution in [0, 0.1) is 0 Å². The van der Waals surface area contributed by atoms with Gasteiger partial charge < -0.3 is 10.0 Å². The summed E-state index contributed by atoms with van der Waals surface area (Å²) in [6.07, 6.45) is 3.43. The predicted molar refractivity (Wildman–Crippen MR) is 99.5 cm³/mol. The highest BCUT2D eigenvalue weighted by Gasteiger charge is 2.32. The maximum atomic E-state index is 12.2. The first-order valence-electron chi connectivity index (χ1n) is 8.59. The molecule has 1 aliphatic rings. The van der Waals surface area contributed by atoms with E-state index in [2.05, 4.69) is 17.1 Å². The lowest BCUT2D eigenvalue weighted by Crippen LogP contribution is -2.48. The van der Waals surface area contributed by atoms with Gasteiger partial charge >= 0.3 is 0 Å². The summed E-state index contributed by atoms with van der Waals surface area (Å²) in [6.45, 7) is 4.40. The van der Waals surface area contributed by atoms with Crippen LogP contribution in [0.2, 0.25) is 5.15 Å². The second-order valence-corrected chi connectivity index (χ2v) is 7.41. The van der Waals surface area contributed by atoms with E-state index in [-0.39, 0.29) is 5.91 Å². The highest BCUT2D eigenvalue weighted by Crippen LogP contribution is 2.37. The number of carbonyl (C=O) groups excluding carboxylic acids is 1. The van der Waals surface area contributed by atoms with Crippen LogP contribution in [0.25, 0.3) is 11.1 Å². The molecule has 25 heavy (non-hydrogen) atoms. The van der Waals surface area contributed by atoms with E-state index >= 15 is 0 Å². The number of benzene rings is 1. The topological polar surface area (TPSA) is 53.4 Å². The fraction of sp³-hybridized carbons (Fsp3) is 0.400. The van der Waals surface area contributed by atoms with Gasteiger partial charge in [0.2, 0.25) is 0 Å². The molecule has 1 N–H and O–H groups in total. The molecule has 132 valence electrons. The van der Waals surface area contributed by atoms with Gasteiger partial charge in [-0.25, -0.2) is 4.98 Å². The summed E-state index contributed by atoms with van der Waals surface area (Å²) in [5.74, 6) is 0.160. The van der Waals surface area contributed by atoms with Crippen LogP contribution < -0.4 is 0 Å².